The molecule has 1 aromatic rings. The van der Waals surface area contributed by atoms with Crippen molar-refractivity contribution < 1.29 is 23.1 Å². The fourth-order valence-corrected chi connectivity index (χ4v) is 2.48. The Morgan fingerprint density at radius 2 is 1.79 bits per heavy atom. The number of aliphatic carboxylic acids is 1. The van der Waals surface area contributed by atoms with Gasteiger partial charge in [-0.15, -0.1) is 0 Å². The van der Waals surface area contributed by atoms with E-state index in [2.05, 4.69) is 5.32 Å². The van der Waals surface area contributed by atoms with Gasteiger partial charge >= 0.3 is 0 Å². The third-order valence-corrected chi connectivity index (χ3v) is 4.05. The molecular formula is C11H13N2O5S-. The molecule has 8 heteroatoms. The first kappa shape index (κ1) is 15.1. The lowest BCUT2D eigenvalue weighted by Crippen LogP contribution is -2.39. The average molecular weight is 285 g/mol. The highest BCUT2D eigenvalue weighted by molar-refractivity contribution is 7.89. The predicted molar refractivity (Wildman–Crippen MR) is 65.6 cm³/mol. The van der Waals surface area contributed by atoms with Gasteiger partial charge in [-0.25, -0.2) is 8.42 Å². The van der Waals surface area contributed by atoms with E-state index in [9.17, 15) is 23.1 Å². The van der Waals surface area contributed by atoms with Gasteiger partial charge in [0.05, 0.1) is 17.4 Å². The van der Waals surface area contributed by atoms with Gasteiger partial charge in [-0.1, -0.05) is 0 Å². The third-order valence-electron chi connectivity index (χ3n) is 2.23. The van der Waals surface area contributed by atoms with Crippen molar-refractivity contribution in [2.75, 3.05) is 18.9 Å². The highest BCUT2D eigenvalue weighted by atomic mass is 32.2. The van der Waals surface area contributed by atoms with Crippen LogP contribution in [0.2, 0.25) is 0 Å². The van der Waals surface area contributed by atoms with E-state index in [4.69, 9.17) is 0 Å². The summed E-state index contributed by atoms with van der Waals surface area (Å²) in [5, 5.41) is 12.9. The van der Waals surface area contributed by atoms with Crippen LogP contribution in [0.1, 0.15) is 6.92 Å². The second-order valence-electron chi connectivity index (χ2n) is 3.84. The average Bonchev–Trinajstić information content (AvgIpc) is 2.27. The van der Waals surface area contributed by atoms with Gasteiger partial charge in [-0.05, 0) is 24.3 Å². The Balaban J connectivity index is 2.96. The van der Waals surface area contributed by atoms with Crippen molar-refractivity contribution in [3.8, 4) is 0 Å². The van der Waals surface area contributed by atoms with Crippen molar-refractivity contribution in [1.29, 1.82) is 0 Å². The standard InChI is InChI=1S/C11H14N2O5S/c1-8(14)12-9-3-5-10(6-4-9)19(17,18)13(2)7-11(15)16/h3-6H,7H2,1-2H3,(H,12,14)(H,15,16)/p-1. The zero-order valence-electron chi connectivity index (χ0n) is 10.4. The van der Waals surface area contributed by atoms with Crippen LogP contribution in [0.5, 0.6) is 0 Å². The largest absolute Gasteiger partial charge is 0.549 e. The molecule has 0 bridgehead atoms. The van der Waals surface area contributed by atoms with Crippen LogP contribution < -0.4 is 10.4 Å². The molecule has 0 aliphatic heterocycles. The number of carbonyl (C=O) groups is 2. The number of benzene rings is 1. The van der Waals surface area contributed by atoms with Crippen molar-refractivity contribution in [1.82, 2.24) is 4.31 Å². The lowest BCUT2D eigenvalue weighted by Gasteiger charge is -2.17. The summed E-state index contributed by atoms with van der Waals surface area (Å²) in [6.07, 6.45) is 0. The second kappa shape index (κ2) is 5.81. The van der Waals surface area contributed by atoms with Crippen LogP contribution in [0.15, 0.2) is 29.2 Å². The van der Waals surface area contributed by atoms with E-state index in [1.54, 1.807) is 0 Å². The van der Waals surface area contributed by atoms with Crippen molar-refractivity contribution >= 4 is 27.6 Å². The molecule has 1 rings (SSSR count). The van der Waals surface area contributed by atoms with Crippen LogP contribution in [0.25, 0.3) is 0 Å². The minimum absolute atomic E-state index is 0.0645. The van der Waals surface area contributed by atoms with E-state index in [1.165, 1.54) is 31.2 Å². The monoisotopic (exact) mass is 285 g/mol. The molecule has 104 valence electrons. The Morgan fingerprint density at radius 3 is 2.21 bits per heavy atom. The van der Waals surface area contributed by atoms with E-state index in [0.29, 0.717) is 9.99 Å². The van der Waals surface area contributed by atoms with Crippen molar-refractivity contribution in [2.24, 2.45) is 0 Å². The van der Waals surface area contributed by atoms with Crippen LogP contribution in [0, 0.1) is 0 Å². The number of amides is 1. The number of sulfonamides is 1. The van der Waals surface area contributed by atoms with Gasteiger partial charge in [-0.2, -0.15) is 4.31 Å². The summed E-state index contributed by atoms with van der Waals surface area (Å²) < 4.78 is 24.6. The molecule has 1 N–H and O–H groups in total. The molecule has 0 aliphatic rings. The summed E-state index contributed by atoms with van der Waals surface area (Å²) in [4.78, 5) is 21.1. The number of nitrogens with one attached hydrogen (secondary N) is 1. The molecule has 0 radical (unpaired) electrons. The smallest absolute Gasteiger partial charge is 0.243 e. The van der Waals surface area contributed by atoms with Crippen molar-refractivity contribution in [2.45, 2.75) is 11.8 Å². The molecule has 0 fully saturated rings. The van der Waals surface area contributed by atoms with E-state index >= 15 is 0 Å². The topological polar surface area (TPSA) is 107 Å². The highest BCUT2D eigenvalue weighted by Gasteiger charge is 2.20. The molecule has 19 heavy (non-hydrogen) atoms. The fourth-order valence-electron chi connectivity index (χ4n) is 1.36. The van der Waals surface area contributed by atoms with Crippen molar-refractivity contribution in [3.05, 3.63) is 24.3 Å². The number of carboxylic acids is 1. The maximum Gasteiger partial charge on any atom is 0.243 e. The maximum absolute atomic E-state index is 11.9. The Labute approximate surface area is 110 Å². The van der Waals surface area contributed by atoms with Crippen LogP contribution in [0.4, 0.5) is 5.69 Å². The van der Waals surface area contributed by atoms with Gasteiger partial charge in [0.1, 0.15) is 0 Å². The highest BCUT2D eigenvalue weighted by Crippen LogP contribution is 2.17. The Hall–Kier alpha value is -1.93. The first-order chi connectivity index (χ1) is 8.73. The second-order valence-corrected chi connectivity index (χ2v) is 5.88. The lowest BCUT2D eigenvalue weighted by molar-refractivity contribution is -0.305. The number of rotatable bonds is 5. The van der Waals surface area contributed by atoms with Gasteiger partial charge in [-0.3, -0.25) is 4.79 Å². The van der Waals surface area contributed by atoms with E-state index in [0.717, 1.165) is 7.05 Å². The molecule has 7 nitrogen and oxygen atoms in total. The van der Waals surface area contributed by atoms with Crippen LogP contribution >= 0.6 is 0 Å². The molecule has 1 aromatic carbocycles. The van der Waals surface area contributed by atoms with Crippen LogP contribution in [-0.4, -0.2) is 38.2 Å². The molecule has 0 heterocycles. The van der Waals surface area contributed by atoms with Gasteiger partial charge in [0.2, 0.25) is 15.9 Å². The number of carbonyl (C=O) groups excluding carboxylic acids is 2. The molecule has 0 saturated carbocycles. The van der Waals surface area contributed by atoms with Gasteiger partial charge in [0.15, 0.2) is 0 Å². The molecule has 0 aliphatic carbocycles. The Bertz CT molecular complexity index is 580. The predicted octanol–water partition coefficient (Wildman–Crippen LogP) is -0.985. The zero-order valence-corrected chi connectivity index (χ0v) is 11.2. The maximum atomic E-state index is 11.9. The summed E-state index contributed by atoms with van der Waals surface area (Å²) >= 11 is 0. The normalized spacial score (nSPS) is 11.3. The number of anilines is 1. The Morgan fingerprint density at radius 1 is 1.26 bits per heavy atom. The van der Waals surface area contributed by atoms with E-state index in [-0.39, 0.29) is 10.8 Å². The first-order valence-electron chi connectivity index (χ1n) is 5.27. The summed E-state index contributed by atoms with van der Waals surface area (Å²) in [6.45, 7) is 0.605. The van der Waals surface area contributed by atoms with Crippen molar-refractivity contribution in [3.63, 3.8) is 0 Å². The molecule has 0 saturated heterocycles. The van der Waals surface area contributed by atoms with Gasteiger partial charge < -0.3 is 15.2 Å². The van der Waals surface area contributed by atoms with Gasteiger partial charge in [0.25, 0.3) is 0 Å². The lowest BCUT2D eigenvalue weighted by atomic mass is 10.3. The fraction of sp³-hybridized carbons (Fsp3) is 0.273. The zero-order chi connectivity index (χ0) is 14.6. The number of hydrogen-bond acceptors (Lipinski definition) is 5. The molecule has 1 amide bonds. The van der Waals surface area contributed by atoms with Crippen LogP contribution in [0.3, 0.4) is 0 Å². The quantitative estimate of drug-likeness (QED) is 0.748. The Kier molecular flexibility index (Phi) is 4.62. The minimum Gasteiger partial charge on any atom is -0.549 e. The third kappa shape index (κ3) is 4.04. The van der Waals surface area contributed by atoms with Crippen LogP contribution in [-0.2, 0) is 19.6 Å². The summed E-state index contributed by atoms with van der Waals surface area (Å²) in [5.74, 6) is -1.76. The summed E-state index contributed by atoms with van der Waals surface area (Å²) in [6, 6.07) is 5.40. The molecule has 0 atom stereocenters. The molecule has 0 unspecified atom stereocenters. The number of hydrogen-bond donors (Lipinski definition) is 1. The van der Waals surface area contributed by atoms with E-state index < -0.39 is 22.5 Å². The van der Waals surface area contributed by atoms with E-state index in [1.807, 2.05) is 0 Å². The molecule has 0 aromatic heterocycles. The summed E-state index contributed by atoms with van der Waals surface area (Å²) in [5.41, 5.74) is 0.453. The SMILES string of the molecule is CC(=O)Nc1ccc(S(=O)(=O)N(C)CC(=O)[O-])cc1. The first-order valence-corrected chi connectivity index (χ1v) is 6.71. The number of likely N-dealkylation sites (N-methyl/N-ethyl adjacent to an activating group) is 1. The molecular weight excluding hydrogens is 272 g/mol. The number of nitrogens with zero attached hydrogens (tertiary/aromatic N) is 1. The minimum atomic E-state index is -3.88. The number of carboxylic acid groups (broad SMARTS) is 1. The summed E-state index contributed by atoms with van der Waals surface area (Å²) in [7, 11) is -2.73. The molecule has 0 spiro atoms. The van der Waals surface area contributed by atoms with Gasteiger partial charge in [0, 0.05) is 19.7 Å².